The number of benzene rings is 2. The summed E-state index contributed by atoms with van der Waals surface area (Å²) in [6, 6.07) is 14.2. The van der Waals surface area contributed by atoms with Crippen molar-refractivity contribution in [2.24, 2.45) is 0 Å². The summed E-state index contributed by atoms with van der Waals surface area (Å²) in [5, 5.41) is 11.8. The van der Waals surface area contributed by atoms with Crippen molar-refractivity contribution in [3.63, 3.8) is 0 Å². The van der Waals surface area contributed by atoms with Crippen LogP contribution in [0.5, 0.6) is 5.75 Å². The molecular weight excluding hydrogens is 462 g/mol. The number of thioether (sulfide) groups is 2. The van der Waals surface area contributed by atoms with Crippen LogP contribution in [-0.2, 0) is 11.3 Å². The number of hydrogen-bond donors (Lipinski definition) is 1. The van der Waals surface area contributed by atoms with Crippen LogP contribution >= 0.6 is 34.9 Å². The van der Waals surface area contributed by atoms with E-state index < -0.39 is 5.76 Å². The van der Waals surface area contributed by atoms with E-state index in [2.05, 4.69) is 15.5 Å². The number of rotatable bonds is 10. The number of nitrogens with one attached hydrogen (secondary N) is 1. The van der Waals surface area contributed by atoms with Crippen molar-refractivity contribution in [1.29, 1.82) is 0 Å². The van der Waals surface area contributed by atoms with Crippen molar-refractivity contribution in [2.75, 3.05) is 25.2 Å². The number of carbonyl (C=O) groups is 1. The lowest BCUT2D eigenvalue weighted by molar-refractivity contribution is -0.127. The van der Waals surface area contributed by atoms with E-state index in [1.165, 1.54) is 23.1 Å². The summed E-state index contributed by atoms with van der Waals surface area (Å²) in [4.78, 5) is 14.6. The van der Waals surface area contributed by atoms with E-state index in [9.17, 15) is 13.6 Å². The fourth-order valence-corrected chi connectivity index (χ4v) is 4.78. The first-order valence-corrected chi connectivity index (χ1v) is 11.8. The summed E-state index contributed by atoms with van der Waals surface area (Å²) in [6.07, 6.45) is 0. The van der Waals surface area contributed by atoms with E-state index in [4.69, 9.17) is 4.74 Å². The maximum Gasteiger partial charge on any atom is 0.288 e. The fourth-order valence-electron chi connectivity index (χ4n) is 2.57. The Morgan fingerprint density at radius 3 is 2.65 bits per heavy atom. The molecule has 3 rings (SSSR count). The van der Waals surface area contributed by atoms with Gasteiger partial charge in [-0.2, -0.15) is 8.78 Å². The van der Waals surface area contributed by atoms with Gasteiger partial charge in [0.15, 0.2) is 4.34 Å². The molecule has 1 N–H and O–H groups in total. The number of amides is 1. The topological polar surface area (TPSA) is 67.3 Å². The molecule has 0 spiro atoms. The lowest BCUT2D eigenvalue weighted by Crippen LogP contribution is -2.27. The SMILES string of the molecule is COc1ccccc1CN(C)C(=O)CSc1nnc(Nc2ccc(SC(F)F)cc2)s1. The van der Waals surface area contributed by atoms with Gasteiger partial charge in [0.25, 0.3) is 5.76 Å². The van der Waals surface area contributed by atoms with Gasteiger partial charge < -0.3 is 15.0 Å². The Labute approximate surface area is 191 Å². The van der Waals surface area contributed by atoms with Gasteiger partial charge in [0.1, 0.15) is 5.75 Å². The predicted octanol–water partition coefficient (Wildman–Crippen LogP) is 5.36. The molecule has 6 nitrogen and oxygen atoms in total. The average molecular weight is 483 g/mol. The molecule has 0 aliphatic rings. The number of ether oxygens (including phenoxy) is 1. The molecular formula is C20H20F2N4O2S3. The van der Waals surface area contributed by atoms with Crippen LogP contribution in [0.4, 0.5) is 19.6 Å². The van der Waals surface area contributed by atoms with Gasteiger partial charge in [-0.05, 0) is 30.3 Å². The standard InChI is InChI=1S/C20H20F2N4O2S3/c1-26(11-13-5-3-4-6-16(13)28-2)17(27)12-29-20-25-24-19(31-20)23-14-7-9-15(10-8-14)30-18(21)22/h3-10,18H,11-12H2,1-2H3,(H,23,24). The zero-order chi connectivity index (χ0) is 22.2. The Kier molecular flexibility index (Phi) is 8.50. The quantitative estimate of drug-likeness (QED) is 0.391. The van der Waals surface area contributed by atoms with Crippen molar-refractivity contribution in [3.05, 3.63) is 54.1 Å². The summed E-state index contributed by atoms with van der Waals surface area (Å²) in [5.41, 5.74) is 1.66. The van der Waals surface area contributed by atoms with Crippen LogP contribution in [0.15, 0.2) is 57.8 Å². The van der Waals surface area contributed by atoms with Crippen molar-refractivity contribution < 1.29 is 18.3 Å². The van der Waals surface area contributed by atoms with Crippen molar-refractivity contribution in [2.45, 2.75) is 21.5 Å². The molecule has 0 aliphatic carbocycles. The number of aromatic nitrogens is 2. The highest BCUT2D eigenvalue weighted by atomic mass is 32.2. The van der Waals surface area contributed by atoms with Crippen LogP contribution in [0.25, 0.3) is 0 Å². The second-order valence-corrected chi connectivity index (χ2v) is 9.51. The van der Waals surface area contributed by atoms with Crippen LogP contribution in [0, 0.1) is 0 Å². The molecule has 11 heteroatoms. The summed E-state index contributed by atoms with van der Waals surface area (Å²) in [5.74, 6) is -1.50. The molecule has 31 heavy (non-hydrogen) atoms. The van der Waals surface area contributed by atoms with Crippen LogP contribution in [0.1, 0.15) is 5.56 Å². The predicted molar refractivity (Wildman–Crippen MR) is 122 cm³/mol. The lowest BCUT2D eigenvalue weighted by Gasteiger charge is -2.18. The zero-order valence-electron chi connectivity index (χ0n) is 16.7. The highest BCUT2D eigenvalue weighted by molar-refractivity contribution is 8.01. The van der Waals surface area contributed by atoms with Crippen molar-refractivity contribution in [1.82, 2.24) is 15.1 Å². The van der Waals surface area contributed by atoms with Crippen LogP contribution < -0.4 is 10.1 Å². The largest absolute Gasteiger partial charge is 0.496 e. The third-order valence-electron chi connectivity index (χ3n) is 4.08. The molecule has 0 bridgehead atoms. The summed E-state index contributed by atoms with van der Waals surface area (Å²) in [7, 11) is 3.35. The molecule has 0 aliphatic heterocycles. The summed E-state index contributed by atoms with van der Waals surface area (Å²) in [6.45, 7) is 0.451. The monoisotopic (exact) mass is 482 g/mol. The van der Waals surface area contributed by atoms with E-state index in [-0.39, 0.29) is 11.7 Å². The Balaban J connectivity index is 1.49. The maximum atomic E-state index is 12.5. The second kappa shape index (κ2) is 11.3. The normalized spacial score (nSPS) is 10.9. The van der Waals surface area contributed by atoms with Gasteiger partial charge in [0.2, 0.25) is 11.0 Å². The Morgan fingerprint density at radius 1 is 1.19 bits per heavy atom. The van der Waals surface area contributed by atoms with Gasteiger partial charge in [-0.3, -0.25) is 4.79 Å². The number of alkyl halides is 2. The van der Waals surface area contributed by atoms with Gasteiger partial charge in [0.05, 0.1) is 12.9 Å². The summed E-state index contributed by atoms with van der Waals surface area (Å²) < 4.78 is 30.8. The van der Waals surface area contributed by atoms with Gasteiger partial charge in [0, 0.05) is 29.7 Å². The fraction of sp³-hybridized carbons (Fsp3) is 0.250. The first kappa shape index (κ1) is 23.3. The maximum absolute atomic E-state index is 12.5. The first-order valence-electron chi connectivity index (χ1n) is 9.08. The molecule has 1 aromatic heterocycles. The number of anilines is 2. The molecule has 164 valence electrons. The molecule has 0 fully saturated rings. The number of halogens is 2. The minimum absolute atomic E-state index is 0.0345. The van der Waals surface area contributed by atoms with E-state index in [0.717, 1.165) is 17.0 Å². The molecule has 1 heterocycles. The Hall–Kier alpha value is -2.37. The van der Waals surface area contributed by atoms with Gasteiger partial charge in [-0.15, -0.1) is 10.2 Å². The Morgan fingerprint density at radius 2 is 1.94 bits per heavy atom. The van der Waals surface area contributed by atoms with E-state index in [1.54, 1.807) is 43.3 Å². The molecule has 0 radical (unpaired) electrons. The number of methoxy groups -OCH3 is 1. The number of carbonyl (C=O) groups excluding carboxylic acids is 1. The van der Waals surface area contributed by atoms with Crippen LogP contribution in [-0.4, -0.2) is 46.7 Å². The van der Waals surface area contributed by atoms with Crippen molar-refractivity contribution in [3.8, 4) is 5.75 Å². The molecule has 0 saturated heterocycles. The van der Waals surface area contributed by atoms with Crippen LogP contribution in [0.3, 0.4) is 0 Å². The number of hydrogen-bond acceptors (Lipinski definition) is 8. The van der Waals surface area contributed by atoms with E-state index in [0.29, 0.717) is 32.7 Å². The summed E-state index contributed by atoms with van der Waals surface area (Å²) >= 11 is 3.13. The van der Waals surface area contributed by atoms with Gasteiger partial charge in [-0.1, -0.05) is 53.1 Å². The molecule has 3 aromatic rings. The van der Waals surface area contributed by atoms with E-state index in [1.807, 2.05) is 24.3 Å². The molecule has 0 unspecified atom stereocenters. The van der Waals surface area contributed by atoms with Crippen LogP contribution in [0.2, 0.25) is 0 Å². The second-order valence-electron chi connectivity index (χ2n) is 6.25. The molecule has 2 aromatic carbocycles. The Bertz CT molecular complexity index is 1000. The van der Waals surface area contributed by atoms with E-state index >= 15 is 0 Å². The highest BCUT2D eigenvalue weighted by Crippen LogP contribution is 2.30. The lowest BCUT2D eigenvalue weighted by atomic mass is 10.2. The minimum atomic E-state index is -2.45. The zero-order valence-corrected chi connectivity index (χ0v) is 19.2. The molecule has 1 amide bonds. The third kappa shape index (κ3) is 7.08. The van der Waals surface area contributed by atoms with Crippen molar-refractivity contribution >= 4 is 51.6 Å². The first-order chi connectivity index (χ1) is 14.9. The molecule has 0 saturated carbocycles. The number of para-hydroxylation sites is 1. The third-order valence-corrected chi connectivity index (χ3v) is 6.76. The highest BCUT2D eigenvalue weighted by Gasteiger charge is 2.14. The van der Waals surface area contributed by atoms with Gasteiger partial charge >= 0.3 is 0 Å². The smallest absolute Gasteiger partial charge is 0.288 e. The number of nitrogens with zero attached hydrogens (tertiary/aromatic N) is 3. The average Bonchev–Trinajstić information content (AvgIpc) is 3.20. The van der Waals surface area contributed by atoms with Gasteiger partial charge in [-0.25, -0.2) is 0 Å². The minimum Gasteiger partial charge on any atom is -0.496 e. The molecule has 0 atom stereocenters.